The van der Waals surface area contributed by atoms with Crippen molar-refractivity contribution in [1.82, 2.24) is 24.8 Å². The van der Waals surface area contributed by atoms with E-state index < -0.39 is 40.9 Å². The number of rotatable bonds is 18. The summed E-state index contributed by atoms with van der Waals surface area (Å²) in [5.41, 5.74) is 24.8. The lowest BCUT2D eigenvalue weighted by atomic mass is 9.70. The van der Waals surface area contributed by atoms with Crippen LogP contribution in [-0.4, -0.2) is 75.2 Å². The molecule has 0 aliphatic carbocycles. The fourth-order valence-electron chi connectivity index (χ4n) is 8.77. The summed E-state index contributed by atoms with van der Waals surface area (Å²) >= 11 is 0. The molecule has 13 nitrogen and oxygen atoms in total. The van der Waals surface area contributed by atoms with E-state index >= 15 is 0 Å². The first-order valence-corrected chi connectivity index (χ1v) is 24.3. The number of ether oxygens (including phenoxy) is 2. The zero-order chi connectivity index (χ0) is 52.0. The van der Waals surface area contributed by atoms with Gasteiger partial charge < -0.3 is 41.5 Å². The molecule has 0 fully saturated rings. The Morgan fingerprint density at radius 1 is 0.480 bits per heavy atom. The molecule has 0 aliphatic heterocycles. The third-order valence-corrected chi connectivity index (χ3v) is 12.7. The van der Waals surface area contributed by atoms with Crippen LogP contribution in [-0.2, 0) is 49.3 Å². The first-order chi connectivity index (χ1) is 36.1. The smallest absolute Gasteiger partial charge is 0.323 e. The summed E-state index contributed by atoms with van der Waals surface area (Å²) in [7, 11) is 1.68. The first kappa shape index (κ1) is 55.7. The molecule has 0 saturated heterocycles. The van der Waals surface area contributed by atoms with E-state index in [-0.39, 0.29) is 25.6 Å². The number of urea groups is 1. The second kappa shape index (κ2) is 28.0. The largest absolute Gasteiger partial charge is 0.463 e. The molecular weight excluding hydrogens is 960 g/mol. The van der Waals surface area contributed by atoms with Gasteiger partial charge in [-0.25, -0.2) is 14.8 Å². The van der Waals surface area contributed by atoms with Crippen LogP contribution >= 0.6 is 12.4 Å². The van der Waals surface area contributed by atoms with Crippen molar-refractivity contribution >= 4 is 30.4 Å². The Bertz CT molecular complexity index is 2660. The molecule has 0 radical (unpaired) electrons. The summed E-state index contributed by atoms with van der Waals surface area (Å²) in [4.78, 5) is 51.8. The van der Waals surface area contributed by atoms with Crippen molar-refractivity contribution in [2.24, 2.45) is 17.2 Å². The predicted molar refractivity (Wildman–Crippen MR) is 296 cm³/mol. The standard InChI is InChI=1S/2C26H25N3O2.C9H12N2O.ClH/c2*27-24(16-23-17-28-19-29-23)25(30)31-18-26(20-10-4-1-5-11-20,21-12-6-2-7-13-21)22-14-8-3-9-15-22;1-11(9(10)12)7-8-5-3-2-4-6-8;/h2*1-15,17,19,24H,16,18,27H2,(H,28,29);2-6H,7H2,1H3,(H2,10,12);1H/t2*24-;;/m00../s1. The summed E-state index contributed by atoms with van der Waals surface area (Å²) in [5, 5.41) is 0. The third kappa shape index (κ3) is 14.8. The predicted octanol–water partition coefficient (Wildman–Crippen LogP) is 9.33. The number of aromatic nitrogens is 4. The van der Waals surface area contributed by atoms with Gasteiger partial charge in [-0.15, -0.1) is 12.4 Å². The number of esters is 2. The minimum absolute atomic E-state index is 0. The fraction of sp³-hybridized carbons (Fsp3) is 0.164. The van der Waals surface area contributed by atoms with Crippen molar-refractivity contribution in [3.8, 4) is 0 Å². The molecule has 14 heteroatoms. The molecule has 2 aromatic heterocycles. The average molecular weight is 1020 g/mol. The van der Waals surface area contributed by atoms with E-state index in [0.29, 0.717) is 19.4 Å². The lowest BCUT2D eigenvalue weighted by Crippen LogP contribution is -2.40. The Labute approximate surface area is 444 Å². The fourth-order valence-corrected chi connectivity index (χ4v) is 8.77. The number of carbonyl (C=O) groups is 3. The van der Waals surface area contributed by atoms with Crippen LogP contribution in [0.25, 0.3) is 0 Å². The minimum Gasteiger partial charge on any atom is -0.463 e. The highest BCUT2D eigenvalue weighted by Gasteiger charge is 2.40. The van der Waals surface area contributed by atoms with Gasteiger partial charge >= 0.3 is 18.0 Å². The zero-order valence-corrected chi connectivity index (χ0v) is 42.5. The highest BCUT2D eigenvalue weighted by molar-refractivity contribution is 5.85. The van der Waals surface area contributed by atoms with E-state index in [1.807, 2.05) is 140 Å². The van der Waals surface area contributed by atoms with Gasteiger partial charge in [-0.1, -0.05) is 212 Å². The normalized spacial score (nSPS) is 11.7. The number of amides is 2. The average Bonchev–Trinajstić information content (AvgIpc) is 4.19. The highest BCUT2D eigenvalue weighted by atomic mass is 35.5. The Hall–Kier alpha value is -8.62. The number of halogens is 1. The lowest BCUT2D eigenvalue weighted by molar-refractivity contribution is -0.147. The number of hydrogen-bond acceptors (Lipinski definition) is 9. The van der Waals surface area contributed by atoms with Gasteiger partial charge in [-0.3, -0.25) is 9.59 Å². The van der Waals surface area contributed by atoms with Gasteiger partial charge in [0.15, 0.2) is 0 Å². The Balaban J connectivity index is 0.000000198. The Morgan fingerprint density at radius 2 is 0.747 bits per heavy atom. The summed E-state index contributed by atoms with van der Waals surface area (Å²) in [5.74, 6) is -0.898. The maximum absolute atomic E-state index is 12.8. The molecule has 0 saturated carbocycles. The van der Waals surface area contributed by atoms with Crippen molar-refractivity contribution in [2.45, 2.75) is 42.3 Å². The number of nitrogens with one attached hydrogen (secondary N) is 2. The molecule has 7 aromatic carbocycles. The van der Waals surface area contributed by atoms with Crippen LogP contribution in [0.4, 0.5) is 4.79 Å². The topological polar surface area (TPSA) is 208 Å². The molecule has 75 heavy (non-hydrogen) atoms. The van der Waals surface area contributed by atoms with Crippen LogP contribution in [0.15, 0.2) is 237 Å². The number of nitrogens with zero attached hydrogens (tertiary/aromatic N) is 3. The van der Waals surface area contributed by atoms with Gasteiger partial charge in [-0.05, 0) is 38.9 Å². The van der Waals surface area contributed by atoms with E-state index in [1.54, 1.807) is 32.1 Å². The van der Waals surface area contributed by atoms with Gasteiger partial charge in [-0.2, -0.15) is 0 Å². The van der Waals surface area contributed by atoms with Crippen molar-refractivity contribution in [1.29, 1.82) is 0 Å². The molecule has 0 aliphatic rings. The molecule has 2 atom stereocenters. The van der Waals surface area contributed by atoms with Gasteiger partial charge in [0, 0.05) is 38.8 Å². The van der Waals surface area contributed by atoms with Gasteiger partial charge in [0.2, 0.25) is 0 Å². The number of nitrogens with two attached hydrogens (primary N) is 3. The zero-order valence-electron chi connectivity index (χ0n) is 41.7. The van der Waals surface area contributed by atoms with Crippen molar-refractivity contribution in [3.63, 3.8) is 0 Å². The number of primary amides is 1. The van der Waals surface area contributed by atoms with Crippen LogP contribution in [0.3, 0.4) is 0 Å². The molecule has 0 bridgehead atoms. The third-order valence-electron chi connectivity index (χ3n) is 12.7. The molecule has 0 spiro atoms. The van der Waals surface area contributed by atoms with Crippen LogP contribution < -0.4 is 17.2 Å². The number of imidazole rings is 2. The number of aromatic amines is 2. The maximum atomic E-state index is 12.8. The van der Waals surface area contributed by atoms with E-state index in [4.69, 9.17) is 26.7 Å². The van der Waals surface area contributed by atoms with E-state index in [1.165, 1.54) is 4.90 Å². The molecule has 9 aromatic rings. The van der Waals surface area contributed by atoms with Gasteiger partial charge in [0.05, 0.1) is 34.9 Å². The van der Waals surface area contributed by atoms with E-state index in [2.05, 4.69) is 92.7 Å². The Kier molecular flexibility index (Phi) is 20.8. The quantitative estimate of drug-likeness (QED) is 0.0409. The van der Waals surface area contributed by atoms with Crippen molar-refractivity contribution in [2.75, 3.05) is 20.3 Å². The summed E-state index contributed by atoms with van der Waals surface area (Å²) in [6.07, 6.45) is 7.23. The molecule has 0 unspecified atom stereocenters. The van der Waals surface area contributed by atoms with Crippen molar-refractivity contribution in [3.05, 3.63) is 288 Å². The van der Waals surface area contributed by atoms with Crippen molar-refractivity contribution < 1.29 is 23.9 Å². The van der Waals surface area contributed by atoms with Crippen LogP contribution in [0.1, 0.15) is 50.3 Å². The second-order valence-corrected chi connectivity index (χ2v) is 17.6. The van der Waals surface area contributed by atoms with Crippen LogP contribution in [0, 0.1) is 0 Å². The summed E-state index contributed by atoms with van der Waals surface area (Å²) < 4.78 is 11.8. The number of hydrogen-bond donors (Lipinski definition) is 5. The molecule has 2 heterocycles. The van der Waals surface area contributed by atoms with E-state index in [0.717, 1.165) is 50.3 Å². The summed E-state index contributed by atoms with van der Waals surface area (Å²) in [6.45, 7) is 0.840. The van der Waals surface area contributed by atoms with Crippen LogP contribution in [0.2, 0.25) is 0 Å². The molecule has 384 valence electrons. The number of benzene rings is 7. The van der Waals surface area contributed by atoms with Crippen LogP contribution in [0.5, 0.6) is 0 Å². The second-order valence-electron chi connectivity index (χ2n) is 17.6. The SMILES string of the molecule is CN(Cc1ccccc1)C(N)=O.Cl.N[C@@H](Cc1c[nH]cn1)C(=O)OCC(c1ccccc1)(c1ccccc1)c1ccccc1.N[C@@H](Cc1c[nH]cn1)C(=O)OCC(c1ccccc1)(c1ccccc1)c1ccccc1. The number of carbonyl (C=O) groups excluding carboxylic acids is 3. The number of H-pyrrole nitrogens is 2. The summed E-state index contributed by atoms with van der Waals surface area (Å²) in [6, 6.07) is 68.5. The first-order valence-electron chi connectivity index (χ1n) is 24.3. The van der Waals surface area contributed by atoms with E-state index in [9.17, 15) is 14.4 Å². The highest BCUT2D eigenvalue weighted by Crippen LogP contribution is 2.41. The molecule has 2 amide bonds. The monoisotopic (exact) mass is 1020 g/mol. The van der Waals surface area contributed by atoms with Gasteiger partial charge in [0.25, 0.3) is 0 Å². The van der Waals surface area contributed by atoms with Gasteiger partial charge in [0.1, 0.15) is 25.3 Å². The molecular formula is C61H63ClN8O5. The minimum atomic E-state index is -0.789. The Morgan fingerprint density at radius 3 is 0.987 bits per heavy atom. The molecule has 9 rings (SSSR count). The molecule has 8 N–H and O–H groups in total. The maximum Gasteiger partial charge on any atom is 0.323 e. The lowest BCUT2D eigenvalue weighted by Gasteiger charge is -2.35.